The highest BCUT2D eigenvalue weighted by atomic mass is 35.5. The van der Waals surface area contributed by atoms with Crippen molar-refractivity contribution in [2.45, 2.75) is 6.61 Å². The summed E-state index contributed by atoms with van der Waals surface area (Å²) in [5.41, 5.74) is 3.62. The van der Waals surface area contributed by atoms with Crippen LogP contribution in [-0.4, -0.2) is 12.1 Å². The Morgan fingerprint density at radius 2 is 1.79 bits per heavy atom. The molecular formula is C26H16Cl2FN3O2. The lowest BCUT2D eigenvalue weighted by Crippen LogP contribution is -2.19. The Bertz CT molecular complexity index is 1440. The van der Waals surface area contributed by atoms with Gasteiger partial charge in [-0.3, -0.25) is 4.79 Å². The van der Waals surface area contributed by atoms with Gasteiger partial charge in [0.15, 0.2) is 5.75 Å². The van der Waals surface area contributed by atoms with E-state index >= 15 is 0 Å². The molecule has 0 radical (unpaired) electrons. The van der Waals surface area contributed by atoms with Crippen LogP contribution in [0.5, 0.6) is 5.75 Å². The highest BCUT2D eigenvalue weighted by Crippen LogP contribution is 2.35. The van der Waals surface area contributed by atoms with E-state index < -0.39 is 11.7 Å². The Morgan fingerprint density at radius 3 is 2.53 bits per heavy atom. The van der Waals surface area contributed by atoms with Crippen molar-refractivity contribution in [3.63, 3.8) is 0 Å². The second-order valence-corrected chi connectivity index (χ2v) is 8.06. The molecule has 0 saturated carbocycles. The SMILES string of the molecule is N#Cc1ccc(C(=O)N/N=C\c2cc(Cl)c(OCc3cccc4ccccc34)c(Cl)c2)c(F)c1. The molecule has 4 rings (SSSR count). The molecule has 168 valence electrons. The lowest BCUT2D eigenvalue weighted by Gasteiger charge is -2.12. The van der Waals surface area contributed by atoms with Gasteiger partial charge in [-0.2, -0.15) is 10.4 Å². The van der Waals surface area contributed by atoms with E-state index in [2.05, 4.69) is 10.5 Å². The van der Waals surface area contributed by atoms with Gasteiger partial charge in [-0.05, 0) is 52.2 Å². The van der Waals surface area contributed by atoms with E-state index in [0.717, 1.165) is 22.4 Å². The predicted octanol–water partition coefficient (Wildman–Crippen LogP) is 6.50. The molecule has 0 heterocycles. The van der Waals surface area contributed by atoms with Crippen molar-refractivity contribution in [2.24, 2.45) is 5.10 Å². The summed E-state index contributed by atoms with van der Waals surface area (Å²) in [6.45, 7) is 0.278. The molecule has 1 amide bonds. The highest BCUT2D eigenvalue weighted by molar-refractivity contribution is 6.37. The summed E-state index contributed by atoms with van der Waals surface area (Å²) in [5.74, 6) is -1.24. The molecule has 34 heavy (non-hydrogen) atoms. The fraction of sp³-hybridized carbons (Fsp3) is 0.0385. The number of ether oxygens (including phenoxy) is 1. The summed E-state index contributed by atoms with van der Waals surface area (Å²) in [7, 11) is 0. The van der Waals surface area contributed by atoms with Crippen LogP contribution >= 0.6 is 23.2 Å². The number of hydrazone groups is 1. The van der Waals surface area contributed by atoms with Crippen molar-refractivity contribution in [3.05, 3.63) is 111 Å². The minimum atomic E-state index is -0.814. The van der Waals surface area contributed by atoms with E-state index in [9.17, 15) is 9.18 Å². The van der Waals surface area contributed by atoms with E-state index in [4.69, 9.17) is 33.2 Å². The maximum Gasteiger partial charge on any atom is 0.274 e. The lowest BCUT2D eigenvalue weighted by molar-refractivity contribution is 0.0951. The molecule has 0 aliphatic rings. The normalized spacial score (nSPS) is 10.9. The molecule has 0 spiro atoms. The van der Waals surface area contributed by atoms with Crippen LogP contribution in [0.2, 0.25) is 10.0 Å². The van der Waals surface area contributed by atoms with Gasteiger partial charge in [-0.15, -0.1) is 0 Å². The number of carbonyl (C=O) groups is 1. The number of amides is 1. The van der Waals surface area contributed by atoms with Crippen molar-refractivity contribution < 1.29 is 13.9 Å². The molecule has 8 heteroatoms. The molecular weight excluding hydrogens is 476 g/mol. The quantitative estimate of drug-likeness (QED) is 0.247. The van der Waals surface area contributed by atoms with Gasteiger partial charge in [0.05, 0.1) is 33.5 Å². The van der Waals surface area contributed by atoms with Crippen LogP contribution in [0.4, 0.5) is 4.39 Å². The van der Waals surface area contributed by atoms with Crippen LogP contribution in [0.1, 0.15) is 27.0 Å². The largest absolute Gasteiger partial charge is 0.486 e. The number of halogens is 3. The first-order chi connectivity index (χ1) is 16.5. The van der Waals surface area contributed by atoms with Crippen LogP contribution < -0.4 is 10.2 Å². The van der Waals surface area contributed by atoms with Crippen molar-refractivity contribution in [1.82, 2.24) is 5.43 Å². The molecule has 0 aromatic heterocycles. The summed E-state index contributed by atoms with van der Waals surface area (Å²) < 4.78 is 19.9. The summed E-state index contributed by atoms with van der Waals surface area (Å²) in [6.07, 6.45) is 1.33. The van der Waals surface area contributed by atoms with Crippen molar-refractivity contribution in [1.29, 1.82) is 5.26 Å². The number of nitrogens with zero attached hydrogens (tertiary/aromatic N) is 2. The maximum atomic E-state index is 14.0. The second kappa shape index (κ2) is 10.3. The number of hydrogen-bond donors (Lipinski definition) is 1. The van der Waals surface area contributed by atoms with Gasteiger partial charge in [0.1, 0.15) is 12.4 Å². The lowest BCUT2D eigenvalue weighted by atomic mass is 10.1. The zero-order chi connectivity index (χ0) is 24.1. The highest BCUT2D eigenvalue weighted by Gasteiger charge is 2.13. The van der Waals surface area contributed by atoms with Crippen molar-refractivity contribution >= 4 is 46.1 Å². The van der Waals surface area contributed by atoms with Crippen LogP contribution in [0.15, 0.2) is 77.9 Å². The zero-order valence-corrected chi connectivity index (χ0v) is 19.1. The number of benzene rings is 4. The van der Waals surface area contributed by atoms with E-state index in [1.165, 1.54) is 18.3 Å². The molecule has 0 saturated heterocycles. The number of hydrogen-bond acceptors (Lipinski definition) is 4. The first kappa shape index (κ1) is 23.2. The molecule has 4 aromatic carbocycles. The average Bonchev–Trinajstić information content (AvgIpc) is 2.83. The van der Waals surface area contributed by atoms with E-state index in [1.54, 1.807) is 18.2 Å². The standard InChI is InChI=1S/C26H16Cl2FN3O2/c27-22-10-17(14-31-32-26(33)21-9-8-16(13-30)12-24(21)29)11-23(28)25(22)34-15-19-6-3-5-18-4-1-2-7-20(18)19/h1-12,14H,15H2,(H,32,33)/b31-14-. The van der Waals surface area contributed by atoms with Crippen molar-refractivity contribution in [3.8, 4) is 11.8 Å². The minimum absolute atomic E-state index is 0.115. The van der Waals surface area contributed by atoms with Gasteiger partial charge in [-0.25, -0.2) is 9.82 Å². The van der Waals surface area contributed by atoms with Gasteiger partial charge in [0.2, 0.25) is 0 Å². The van der Waals surface area contributed by atoms with Crippen LogP contribution in [0, 0.1) is 17.1 Å². The van der Waals surface area contributed by atoms with Gasteiger partial charge >= 0.3 is 0 Å². The average molecular weight is 492 g/mol. The summed E-state index contributed by atoms with van der Waals surface area (Å²) >= 11 is 12.7. The number of rotatable bonds is 6. The monoisotopic (exact) mass is 491 g/mol. The molecule has 0 aliphatic carbocycles. The van der Waals surface area contributed by atoms with Gasteiger partial charge in [0, 0.05) is 0 Å². The van der Waals surface area contributed by atoms with Gasteiger partial charge < -0.3 is 4.74 Å². The number of nitriles is 1. The number of fused-ring (bicyclic) bond motifs is 1. The number of nitrogens with one attached hydrogen (secondary N) is 1. The molecule has 0 unspecified atom stereocenters. The fourth-order valence-electron chi connectivity index (χ4n) is 3.35. The predicted molar refractivity (Wildman–Crippen MR) is 131 cm³/mol. The third-order valence-corrected chi connectivity index (χ3v) is 5.56. The van der Waals surface area contributed by atoms with Crippen molar-refractivity contribution in [2.75, 3.05) is 0 Å². The third-order valence-electron chi connectivity index (χ3n) is 5.00. The van der Waals surface area contributed by atoms with E-state index in [0.29, 0.717) is 11.3 Å². The second-order valence-electron chi connectivity index (χ2n) is 7.25. The molecule has 1 N–H and O–H groups in total. The molecule has 5 nitrogen and oxygen atoms in total. The van der Waals surface area contributed by atoms with E-state index in [1.807, 2.05) is 42.5 Å². The molecule has 0 aliphatic heterocycles. The molecule has 0 bridgehead atoms. The van der Waals surface area contributed by atoms with Gasteiger partial charge in [-0.1, -0.05) is 65.7 Å². The first-order valence-corrected chi connectivity index (χ1v) is 10.8. The Morgan fingerprint density at radius 1 is 1.06 bits per heavy atom. The zero-order valence-electron chi connectivity index (χ0n) is 17.6. The topological polar surface area (TPSA) is 74.5 Å². The van der Waals surface area contributed by atoms with E-state index in [-0.39, 0.29) is 27.8 Å². The summed E-state index contributed by atoms with van der Waals surface area (Å²) in [5, 5.41) is 15.4. The van der Waals surface area contributed by atoms with Crippen LogP contribution in [0.25, 0.3) is 10.8 Å². The third kappa shape index (κ3) is 5.18. The Hall–Kier alpha value is -3.92. The number of carbonyl (C=O) groups excluding carboxylic acids is 1. The van der Waals surface area contributed by atoms with Crippen LogP contribution in [-0.2, 0) is 6.61 Å². The molecule has 0 atom stereocenters. The first-order valence-electron chi connectivity index (χ1n) is 10.1. The summed E-state index contributed by atoms with van der Waals surface area (Å²) in [6, 6.07) is 22.5. The summed E-state index contributed by atoms with van der Waals surface area (Å²) in [4.78, 5) is 12.1. The fourth-order valence-corrected chi connectivity index (χ4v) is 3.97. The molecule has 0 fully saturated rings. The Kier molecular flexibility index (Phi) is 7.07. The Balaban J connectivity index is 1.44. The minimum Gasteiger partial charge on any atom is -0.486 e. The Labute approximate surface area is 205 Å². The molecule has 4 aromatic rings. The van der Waals surface area contributed by atoms with Gasteiger partial charge in [0.25, 0.3) is 5.91 Å². The van der Waals surface area contributed by atoms with Crippen LogP contribution in [0.3, 0.4) is 0 Å². The smallest absolute Gasteiger partial charge is 0.274 e. The maximum absolute atomic E-state index is 14.0.